The van der Waals surface area contributed by atoms with Crippen LogP contribution < -0.4 is 14.5 Å². The predicted molar refractivity (Wildman–Crippen MR) is 177 cm³/mol. The highest BCUT2D eigenvalue weighted by Gasteiger charge is 2.66. The van der Waals surface area contributed by atoms with Gasteiger partial charge in [-0.1, -0.05) is 48.1 Å². The van der Waals surface area contributed by atoms with Crippen molar-refractivity contribution in [1.82, 2.24) is 0 Å². The summed E-state index contributed by atoms with van der Waals surface area (Å²) in [7, 11) is 1.48. The van der Waals surface area contributed by atoms with Gasteiger partial charge in [0.15, 0.2) is 11.5 Å². The van der Waals surface area contributed by atoms with Gasteiger partial charge in [-0.05, 0) is 102 Å². The molecular weight excluding hydrogens is 683 g/mol. The molecule has 4 amide bonds. The summed E-state index contributed by atoms with van der Waals surface area (Å²) in [5, 5.41) is 10.1. The molecule has 3 aromatic carbocycles. The lowest BCUT2D eigenvalue weighted by molar-refractivity contribution is -0.132. The second-order valence-corrected chi connectivity index (χ2v) is 13.6. The molecule has 8 nitrogen and oxygen atoms in total. The van der Waals surface area contributed by atoms with E-state index in [0.717, 1.165) is 14.7 Å². The van der Waals surface area contributed by atoms with Gasteiger partial charge in [0, 0.05) is 9.49 Å². The Morgan fingerprint density at radius 2 is 1.60 bits per heavy atom. The zero-order chi connectivity index (χ0) is 31.6. The van der Waals surface area contributed by atoms with Gasteiger partial charge >= 0.3 is 0 Å². The first kappa shape index (κ1) is 29.5. The third kappa shape index (κ3) is 4.46. The number of carbonyl (C=O) groups excluding carboxylic acids is 4. The van der Waals surface area contributed by atoms with Gasteiger partial charge in [-0.25, -0.2) is 4.90 Å². The van der Waals surface area contributed by atoms with Crippen LogP contribution in [0.1, 0.15) is 25.3 Å². The van der Waals surface area contributed by atoms with Crippen LogP contribution in [0.15, 0.2) is 90.5 Å². The fourth-order valence-corrected chi connectivity index (χ4v) is 8.25. The lowest BCUT2D eigenvalue weighted by Crippen LogP contribution is -2.49. The number of benzene rings is 3. The molecule has 2 aliphatic heterocycles. The number of carbonyl (C=O) groups is 4. The summed E-state index contributed by atoms with van der Waals surface area (Å²) in [6.45, 7) is 1.86. The summed E-state index contributed by atoms with van der Waals surface area (Å²) in [4.78, 5) is 59.0. The second-order valence-electron chi connectivity index (χ2n) is 12.3. The number of methoxy groups -OCH3 is 1. The Hall–Kier alpha value is -4.25. The minimum Gasteiger partial charge on any atom is -0.504 e. The zero-order valence-corrected chi connectivity index (χ0v) is 26.9. The Morgan fingerprint density at radius 1 is 0.889 bits per heavy atom. The highest BCUT2D eigenvalue weighted by atomic mass is 127. The number of imide groups is 2. The first-order valence-electron chi connectivity index (χ1n) is 15.0. The van der Waals surface area contributed by atoms with E-state index >= 15 is 0 Å². The number of hydrogen-bond acceptors (Lipinski definition) is 6. The van der Waals surface area contributed by atoms with Gasteiger partial charge in [-0.2, -0.15) is 0 Å². The van der Waals surface area contributed by atoms with Crippen LogP contribution in [0, 0.1) is 38.6 Å². The zero-order valence-electron chi connectivity index (χ0n) is 24.7. The number of allylic oxidation sites excluding steroid dienone is 3. The molecule has 45 heavy (non-hydrogen) atoms. The summed E-state index contributed by atoms with van der Waals surface area (Å²) in [5.41, 5.74) is 1.61. The molecule has 1 saturated carbocycles. The highest BCUT2D eigenvalue weighted by molar-refractivity contribution is 14.1. The fraction of sp³-hybridized carbons (Fsp3) is 0.278. The number of aromatic hydroxyl groups is 1. The number of anilines is 2. The van der Waals surface area contributed by atoms with E-state index in [2.05, 4.69) is 22.6 Å². The monoisotopic (exact) mass is 714 g/mol. The number of halogens is 1. The molecule has 6 atom stereocenters. The third-order valence-electron chi connectivity index (χ3n) is 10.1. The Bertz CT molecular complexity index is 1800. The molecule has 3 aromatic rings. The average Bonchev–Trinajstić information content (AvgIpc) is 3.41. The van der Waals surface area contributed by atoms with Crippen LogP contribution in [0.2, 0.25) is 0 Å². The maximum atomic E-state index is 14.4. The van der Waals surface area contributed by atoms with Crippen molar-refractivity contribution in [3.05, 3.63) is 99.7 Å². The number of amides is 4. The van der Waals surface area contributed by atoms with Gasteiger partial charge < -0.3 is 9.84 Å². The standard InChI is InChI=1S/C36H31IN2O6/c1-36-27(16-8-20-9-17-29(40)30(18-20)45-2)24-14-15-25-31(34(43)38(32(25)41)23-12-10-21(37)11-13-23)26(24)19-28(36)33(42)39(35(36)44)22-6-4-3-5-7-22/h3-14,16-18,25-28,31,40H,15,19H2,1-2H3. The van der Waals surface area contributed by atoms with Crippen molar-refractivity contribution >= 4 is 63.7 Å². The number of hydrogen-bond donors (Lipinski definition) is 1. The quantitative estimate of drug-likeness (QED) is 0.198. The van der Waals surface area contributed by atoms with Crippen LogP contribution in [0.25, 0.3) is 6.08 Å². The summed E-state index contributed by atoms with van der Waals surface area (Å²) < 4.78 is 6.29. The number of fused-ring (bicyclic) bond motifs is 4. The molecule has 0 bridgehead atoms. The van der Waals surface area contributed by atoms with Crippen LogP contribution in [-0.4, -0.2) is 35.8 Å². The summed E-state index contributed by atoms with van der Waals surface area (Å²) >= 11 is 2.19. The fourth-order valence-electron chi connectivity index (χ4n) is 7.89. The van der Waals surface area contributed by atoms with Gasteiger partial charge in [0.1, 0.15) is 0 Å². The van der Waals surface area contributed by atoms with Gasteiger partial charge in [0.25, 0.3) is 0 Å². The van der Waals surface area contributed by atoms with E-state index in [0.29, 0.717) is 30.0 Å². The highest BCUT2D eigenvalue weighted by Crippen LogP contribution is 2.61. The predicted octanol–water partition coefficient (Wildman–Crippen LogP) is 5.99. The van der Waals surface area contributed by atoms with Crippen molar-refractivity contribution in [3.8, 4) is 11.5 Å². The van der Waals surface area contributed by atoms with Crippen molar-refractivity contribution in [3.63, 3.8) is 0 Å². The minimum atomic E-state index is -1.11. The number of nitrogens with zero attached hydrogens (tertiary/aromatic N) is 2. The molecule has 6 unspecified atom stereocenters. The van der Waals surface area contributed by atoms with Crippen molar-refractivity contribution < 1.29 is 29.0 Å². The summed E-state index contributed by atoms with van der Waals surface area (Å²) in [5.74, 6) is -3.46. The Kier molecular flexibility index (Phi) is 7.18. The second kappa shape index (κ2) is 11.0. The van der Waals surface area contributed by atoms with Gasteiger partial charge in [-0.15, -0.1) is 0 Å². The maximum Gasteiger partial charge on any atom is 0.241 e. The largest absolute Gasteiger partial charge is 0.504 e. The molecule has 2 saturated heterocycles. The summed E-state index contributed by atoms with van der Waals surface area (Å²) in [6.07, 6.45) is 6.52. The van der Waals surface area contributed by atoms with E-state index in [1.807, 2.05) is 43.4 Å². The number of phenols is 1. The molecule has 0 spiro atoms. The van der Waals surface area contributed by atoms with Crippen LogP contribution >= 0.6 is 22.6 Å². The Balaban J connectivity index is 1.33. The molecule has 2 aliphatic carbocycles. The molecule has 7 rings (SSSR count). The van der Waals surface area contributed by atoms with Crippen LogP contribution in [-0.2, 0) is 19.2 Å². The molecule has 9 heteroatoms. The normalized spacial score (nSPS) is 29.1. The molecule has 0 aromatic heterocycles. The molecule has 2 heterocycles. The van der Waals surface area contributed by atoms with Crippen LogP contribution in [0.5, 0.6) is 11.5 Å². The van der Waals surface area contributed by atoms with Crippen LogP contribution in [0.3, 0.4) is 0 Å². The van der Waals surface area contributed by atoms with Gasteiger partial charge in [-0.3, -0.25) is 24.1 Å². The van der Waals surface area contributed by atoms with Crippen molar-refractivity contribution in [2.75, 3.05) is 16.9 Å². The maximum absolute atomic E-state index is 14.4. The first-order chi connectivity index (χ1) is 21.6. The van der Waals surface area contributed by atoms with Crippen molar-refractivity contribution in [2.24, 2.45) is 35.0 Å². The van der Waals surface area contributed by atoms with E-state index in [1.54, 1.807) is 54.6 Å². The topological polar surface area (TPSA) is 104 Å². The molecule has 1 N–H and O–H groups in total. The van der Waals surface area contributed by atoms with Gasteiger partial charge in [0.05, 0.1) is 41.7 Å². The van der Waals surface area contributed by atoms with Crippen molar-refractivity contribution in [1.29, 1.82) is 0 Å². The minimum absolute atomic E-state index is 0.0117. The van der Waals surface area contributed by atoms with Crippen LogP contribution in [0.4, 0.5) is 11.4 Å². The molecular formula is C36H31IN2O6. The average molecular weight is 715 g/mol. The van der Waals surface area contributed by atoms with E-state index in [4.69, 9.17) is 4.74 Å². The molecule has 4 aliphatic rings. The van der Waals surface area contributed by atoms with E-state index in [9.17, 15) is 24.3 Å². The Labute approximate surface area is 274 Å². The molecule has 0 radical (unpaired) electrons. The summed E-state index contributed by atoms with van der Waals surface area (Å²) in [6, 6.07) is 21.2. The number of ether oxygens (including phenoxy) is 1. The van der Waals surface area contributed by atoms with Gasteiger partial charge in [0.2, 0.25) is 23.6 Å². The molecule has 3 fully saturated rings. The number of phenolic OH excluding ortho intramolecular Hbond substituents is 1. The van der Waals surface area contributed by atoms with E-state index in [1.165, 1.54) is 16.9 Å². The first-order valence-corrected chi connectivity index (χ1v) is 16.0. The third-order valence-corrected chi connectivity index (χ3v) is 10.9. The number of para-hydroxylation sites is 1. The SMILES string of the molecule is COc1cc(C=CC2C3=CCC4C(=O)N(c5ccc(I)cc5)C(=O)C4C3CC3C(=O)N(c4ccccc4)C(=O)C23C)ccc1O. The Morgan fingerprint density at radius 3 is 2.31 bits per heavy atom. The van der Waals surface area contributed by atoms with E-state index < -0.39 is 29.1 Å². The smallest absolute Gasteiger partial charge is 0.241 e. The molecule has 228 valence electrons. The van der Waals surface area contributed by atoms with Crippen molar-refractivity contribution in [2.45, 2.75) is 19.8 Å². The van der Waals surface area contributed by atoms with E-state index in [-0.39, 0.29) is 35.3 Å². The lowest BCUT2D eigenvalue weighted by atomic mass is 9.52. The lowest BCUT2D eigenvalue weighted by Gasteiger charge is -2.47. The number of rotatable bonds is 5.